The summed E-state index contributed by atoms with van der Waals surface area (Å²) in [5.74, 6) is -0.520. The average Bonchev–Trinajstić information content (AvgIpc) is 2.09. The molecule has 0 heterocycles. The van der Waals surface area contributed by atoms with Crippen molar-refractivity contribution in [1.82, 2.24) is 10.6 Å². The summed E-state index contributed by atoms with van der Waals surface area (Å²) in [5.41, 5.74) is 4.58. The summed E-state index contributed by atoms with van der Waals surface area (Å²) in [4.78, 5) is 22.3. The highest BCUT2D eigenvalue weighted by Gasteiger charge is 2.21. The molecule has 0 unspecified atom stereocenters. The maximum absolute atomic E-state index is 11.2. The summed E-state index contributed by atoms with van der Waals surface area (Å²) >= 11 is 0. The molecular formula is C9H20ClN3O2. The highest BCUT2D eigenvalue weighted by molar-refractivity contribution is 5.89. The fourth-order valence-corrected chi connectivity index (χ4v) is 0.715. The van der Waals surface area contributed by atoms with Crippen molar-refractivity contribution in [3.63, 3.8) is 0 Å². The van der Waals surface area contributed by atoms with E-state index in [9.17, 15) is 9.59 Å². The minimum absolute atomic E-state index is 0. The molecule has 0 rings (SSSR count). The van der Waals surface area contributed by atoms with Gasteiger partial charge in [-0.05, 0) is 20.3 Å². The van der Waals surface area contributed by atoms with Crippen LogP contribution in [-0.4, -0.2) is 30.4 Å². The second-order valence-electron chi connectivity index (χ2n) is 3.75. The van der Waals surface area contributed by atoms with E-state index in [1.165, 1.54) is 0 Å². The number of nitrogens with two attached hydrogens (primary N) is 1. The Morgan fingerprint density at radius 1 is 1.27 bits per heavy atom. The molecule has 5 nitrogen and oxygen atoms in total. The lowest BCUT2D eigenvalue weighted by Gasteiger charge is -2.17. The van der Waals surface area contributed by atoms with Crippen LogP contribution in [0.5, 0.6) is 0 Å². The average molecular weight is 238 g/mol. The fourth-order valence-electron chi connectivity index (χ4n) is 0.715. The first-order chi connectivity index (χ1) is 6.38. The number of nitrogens with one attached hydrogen (secondary N) is 2. The smallest absolute Gasteiger partial charge is 0.239 e. The normalized spacial score (nSPS) is 10.1. The SMILES string of the molecule is CCCNC(=O)CNC(=O)C(C)(C)N.Cl. The van der Waals surface area contributed by atoms with Crippen LogP contribution in [0, 0.1) is 0 Å². The van der Waals surface area contributed by atoms with Gasteiger partial charge in [0.2, 0.25) is 11.8 Å². The molecule has 0 aliphatic heterocycles. The summed E-state index contributed by atoms with van der Waals surface area (Å²) in [6.07, 6.45) is 0.877. The lowest BCUT2D eigenvalue weighted by atomic mass is 10.1. The molecule has 0 aliphatic rings. The number of halogens is 1. The highest BCUT2D eigenvalue weighted by atomic mass is 35.5. The summed E-state index contributed by atoms with van der Waals surface area (Å²) in [6.45, 7) is 5.75. The van der Waals surface area contributed by atoms with Gasteiger partial charge in [-0.2, -0.15) is 0 Å². The van der Waals surface area contributed by atoms with Crippen LogP contribution < -0.4 is 16.4 Å². The van der Waals surface area contributed by atoms with Gasteiger partial charge in [-0.1, -0.05) is 6.92 Å². The van der Waals surface area contributed by atoms with Gasteiger partial charge in [0.1, 0.15) is 0 Å². The van der Waals surface area contributed by atoms with Crippen LogP contribution in [0.4, 0.5) is 0 Å². The van der Waals surface area contributed by atoms with E-state index in [4.69, 9.17) is 5.73 Å². The summed E-state index contributed by atoms with van der Waals surface area (Å²) in [7, 11) is 0. The third-order valence-electron chi connectivity index (χ3n) is 1.57. The molecule has 2 amide bonds. The second kappa shape index (κ2) is 7.48. The molecule has 0 bridgehead atoms. The van der Waals surface area contributed by atoms with E-state index in [-0.39, 0.29) is 30.8 Å². The standard InChI is InChI=1S/C9H19N3O2.ClH/c1-4-5-11-7(13)6-12-8(14)9(2,3)10;/h4-6,10H2,1-3H3,(H,11,13)(H,12,14);1H. The Kier molecular flexibility index (Phi) is 8.28. The van der Waals surface area contributed by atoms with Crippen molar-refractivity contribution in [2.24, 2.45) is 5.73 Å². The number of carbonyl (C=O) groups excluding carboxylic acids is 2. The first kappa shape index (κ1) is 16.6. The first-order valence-electron chi connectivity index (χ1n) is 4.71. The molecule has 0 radical (unpaired) electrons. The number of amides is 2. The Morgan fingerprint density at radius 3 is 2.20 bits per heavy atom. The Bertz CT molecular complexity index is 214. The van der Waals surface area contributed by atoms with Crippen molar-refractivity contribution in [1.29, 1.82) is 0 Å². The third kappa shape index (κ3) is 8.20. The van der Waals surface area contributed by atoms with E-state index in [0.29, 0.717) is 6.54 Å². The van der Waals surface area contributed by atoms with Crippen LogP contribution in [0.25, 0.3) is 0 Å². The molecule has 4 N–H and O–H groups in total. The van der Waals surface area contributed by atoms with Crippen molar-refractivity contribution < 1.29 is 9.59 Å². The number of hydrogen-bond acceptors (Lipinski definition) is 3. The highest BCUT2D eigenvalue weighted by Crippen LogP contribution is 1.94. The number of carbonyl (C=O) groups is 2. The minimum atomic E-state index is -0.939. The van der Waals surface area contributed by atoms with Gasteiger partial charge in [0.15, 0.2) is 0 Å². The van der Waals surface area contributed by atoms with Gasteiger partial charge in [0.25, 0.3) is 0 Å². The van der Waals surface area contributed by atoms with Gasteiger partial charge < -0.3 is 16.4 Å². The van der Waals surface area contributed by atoms with E-state index >= 15 is 0 Å². The lowest BCUT2D eigenvalue weighted by molar-refractivity contribution is -0.128. The van der Waals surface area contributed by atoms with Crippen molar-refractivity contribution in [2.75, 3.05) is 13.1 Å². The van der Waals surface area contributed by atoms with Gasteiger partial charge in [0.05, 0.1) is 12.1 Å². The molecule has 0 aromatic rings. The van der Waals surface area contributed by atoms with Crippen LogP contribution in [0.3, 0.4) is 0 Å². The van der Waals surface area contributed by atoms with Crippen molar-refractivity contribution in [3.8, 4) is 0 Å². The largest absolute Gasteiger partial charge is 0.355 e. The third-order valence-corrected chi connectivity index (χ3v) is 1.57. The maximum Gasteiger partial charge on any atom is 0.239 e. The molecule has 0 fully saturated rings. The predicted octanol–water partition coefficient (Wildman–Crippen LogP) is -0.212. The van der Waals surface area contributed by atoms with Crippen molar-refractivity contribution in [3.05, 3.63) is 0 Å². The molecule has 0 spiro atoms. The van der Waals surface area contributed by atoms with E-state index in [1.54, 1.807) is 13.8 Å². The predicted molar refractivity (Wildman–Crippen MR) is 61.8 cm³/mol. The Morgan fingerprint density at radius 2 is 1.80 bits per heavy atom. The Balaban J connectivity index is 0. The topological polar surface area (TPSA) is 84.2 Å². The molecule has 0 aromatic heterocycles. The molecule has 0 aromatic carbocycles. The van der Waals surface area contributed by atoms with Crippen LogP contribution >= 0.6 is 12.4 Å². The monoisotopic (exact) mass is 237 g/mol. The lowest BCUT2D eigenvalue weighted by Crippen LogP contribution is -2.51. The van der Waals surface area contributed by atoms with Crippen LogP contribution in [0.15, 0.2) is 0 Å². The fraction of sp³-hybridized carbons (Fsp3) is 0.778. The molecular weight excluding hydrogens is 218 g/mol. The van der Waals surface area contributed by atoms with E-state index in [1.807, 2.05) is 6.92 Å². The zero-order chi connectivity index (χ0) is 11.2. The van der Waals surface area contributed by atoms with Gasteiger partial charge in [-0.3, -0.25) is 9.59 Å². The zero-order valence-electron chi connectivity index (χ0n) is 9.42. The van der Waals surface area contributed by atoms with E-state index in [2.05, 4.69) is 10.6 Å². The van der Waals surface area contributed by atoms with E-state index < -0.39 is 5.54 Å². The summed E-state index contributed by atoms with van der Waals surface area (Å²) < 4.78 is 0. The second-order valence-corrected chi connectivity index (χ2v) is 3.75. The van der Waals surface area contributed by atoms with Crippen LogP contribution in [0.2, 0.25) is 0 Å². The van der Waals surface area contributed by atoms with Gasteiger partial charge in [0, 0.05) is 6.54 Å². The number of hydrogen-bond donors (Lipinski definition) is 3. The summed E-state index contributed by atoms with van der Waals surface area (Å²) in [6, 6.07) is 0. The molecule has 0 saturated heterocycles. The molecule has 15 heavy (non-hydrogen) atoms. The van der Waals surface area contributed by atoms with E-state index in [0.717, 1.165) is 6.42 Å². The molecule has 6 heteroatoms. The van der Waals surface area contributed by atoms with Gasteiger partial charge in [-0.25, -0.2) is 0 Å². The molecule has 0 atom stereocenters. The van der Waals surface area contributed by atoms with Gasteiger partial charge >= 0.3 is 0 Å². The number of rotatable bonds is 5. The Hall–Kier alpha value is -0.810. The van der Waals surface area contributed by atoms with Crippen LogP contribution in [0.1, 0.15) is 27.2 Å². The zero-order valence-corrected chi connectivity index (χ0v) is 10.2. The quantitative estimate of drug-likeness (QED) is 0.619. The van der Waals surface area contributed by atoms with Crippen molar-refractivity contribution >= 4 is 24.2 Å². The molecule has 0 aliphatic carbocycles. The van der Waals surface area contributed by atoms with Gasteiger partial charge in [-0.15, -0.1) is 12.4 Å². The minimum Gasteiger partial charge on any atom is -0.355 e. The summed E-state index contributed by atoms with van der Waals surface area (Å²) in [5, 5.41) is 5.10. The van der Waals surface area contributed by atoms with Crippen LogP contribution in [-0.2, 0) is 9.59 Å². The van der Waals surface area contributed by atoms with Crippen molar-refractivity contribution in [2.45, 2.75) is 32.7 Å². The maximum atomic E-state index is 11.2. The first-order valence-corrected chi connectivity index (χ1v) is 4.71. The molecule has 90 valence electrons. The Labute approximate surface area is 96.6 Å². The molecule has 0 saturated carbocycles.